The lowest BCUT2D eigenvalue weighted by Gasteiger charge is -2.19. The minimum absolute atomic E-state index is 0.0276. The predicted molar refractivity (Wildman–Crippen MR) is 85.4 cm³/mol. The van der Waals surface area contributed by atoms with Crippen molar-refractivity contribution in [3.05, 3.63) is 39.4 Å². The maximum absolute atomic E-state index is 11.6. The first-order valence-electron chi connectivity index (χ1n) is 7.31. The van der Waals surface area contributed by atoms with Gasteiger partial charge in [0.2, 0.25) is 0 Å². The molecular weight excluding hydrogens is 300 g/mol. The summed E-state index contributed by atoms with van der Waals surface area (Å²) in [5.41, 5.74) is 0.777. The number of ketones is 1. The summed E-state index contributed by atoms with van der Waals surface area (Å²) < 4.78 is 5.12. The average Bonchev–Trinajstić information content (AvgIpc) is 2.37. The van der Waals surface area contributed by atoms with Gasteiger partial charge in [-0.1, -0.05) is 6.07 Å². The van der Waals surface area contributed by atoms with Crippen molar-refractivity contribution in [2.24, 2.45) is 0 Å². The van der Waals surface area contributed by atoms with Gasteiger partial charge in [0.1, 0.15) is 11.4 Å². The second-order valence-electron chi connectivity index (χ2n) is 6.27. The Labute approximate surface area is 135 Å². The summed E-state index contributed by atoms with van der Waals surface area (Å²) >= 11 is 0. The fourth-order valence-electron chi connectivity index (χ4n) is 2.01. The number of benzene rings is 1. The summed E-state index contributed by atoms with van der Waals surface area (Å²) in [6.07, 6.45) is 0.0413. The number of nitrogens with zero attached hydrogens (tertiary/aromatic N) is 1. The monoisotopic (exact) mass is 322 g/mol. The summed E-state index contributed by atoms with van der Waals surface area (Å²) in [5.74, 6) is -0.0276. The van der Waals surface area contributed by atoms with Crippen LogP contribution in [-0.2, 0) is 22.4 Å². The number of carbonyl (C=O) groups is 2. The van der Waals surface area contributed by atoms with Gasteiger partial charge < -0.3 is 10.1 Å². The molecule has 0 saturated carbocycles. The van der Waals surface area contributed by atoms with Crippen molar-refractivity contribution >= 4 is 17.6 Å². The fourth-order valence-corrected chi connectivity index (χ4v) is 2.01. The van der Waals surface area contributed by atoms with Gasteiger partial charge in [-0.05, 0) is 45.2 Å². The Morgan fingerprint density at radius 1 is 1.26 bits per heavy atom. The number of nitro benzene ring substituents is 1. The largest absolute Gasteiger partial charge is 0.444 e. The minimum Gasteiger partial charge on any atom is -0.444 e. The second kappa shape index (κ2) is 7.71. The molecule has 0 bridgehead atoms. The predicted octanol–water partition coefficient (Wildman–Crippen LogP) is 2.79. The zero-order valence-corrected chi connectivity index (χ0v) is 13.8. The molecule has 0 aliphatic rings. The third-order valence-corrected chi connectivity index (χ3v) is 2.90. The lowest BCUT2D eigenvalue weighted by Crippen LogP contribution is -2.33. The van der Waals surface area contributed by atoms with E-state index in [-0.39, 0.29) is 24.4 Å². The summed E-state index contributed by atoms with van der Waals surface area (Å²) in [4.78, 5) is 33.3. The van der Waals surface area contributed by atoms with E-state index in [1.165, 1.54) is 19.1 Å². The van der Waals surface area contributed by atoms with Crippen molar-refractivity contribution < 1.29 is 19.2 Å². The Morgan fingerprint density at radius 2 is 1.91 bits per heavy atom. The normalized spacial score (nSPS) is 11.0. The highest BCUT2D eigenvalue weighted by Gasteiger charge is 2.16. The van der Waals surface area contributed by atoms with Gasteiger partial charge in [0.25, 0.3) is 5.69 Å². The molecule has 1 amide bonds. The van der Waals surface area contributed by atoms with Crippen LogP contribution in [0.5, 0.6) is 0 Å². The van der Waals surface area contributed by atoms with E-state index in [2.05, 4.69) is 5.32 Å². The summed E-state index contributed by atoms with van der Waals surface area (Å²) in [7, 11) is 0. The number of carbonyl (C=O) groups excluding carboxylic acids is 2. The number of Topliss-reactive ketones (excluding diaryl/α,β-unsaturated/α-hetero) is 1. The van der Waals surface area contributed by atoms with Crippen LogP contribution in [0.3, 0.4) is 0 Å². The van der Waals surface area contributed by atoms with E-state index in [0.717, 1.165) is 5.56 Å². The Hall–Kier alpha value is -2.44. The molecule has 126 valence electrons. The van der Waals surface area contributed by atoms with Crippen molar-refractivity contribution in [2.75, 3.05) is 6.54 Å². The molecule has 0 aromatic heterocycles. The minimum atomic E-state index is -0.588. The first-order chi connectivity index (χ1) is 10.6. The van der Waals surface area contributed by atoms with Gasteiger partial charge in [0.05, 0.1) is 4.92 Å². The fraction of sp³-hybridized carbons (Fsp3) is 0.500. The molecule has 1 aromatic carbocycles. The number of non-ortho nitro benzene ring substituents is 1. The highest BCUT2D eigenvalue weighted by molar-refractivity contribution is 5.78. The quantitative estimate of drug-likeness (QED) is 0.641. The van der Waals surface area contributed by atoms with Crippen LogP contribution in [0.1, 0.15) is 38.8 Å². The first-order valence-corrected chi connectivity index (χ1v) is 7.31. The zero-order chi connectivity index (χ0) is 17.6. The SMILES string of the molecule is CC(=O)Cc1ccc([N+](=O)[O-])cc1CCNC(=O)OC(C)(C)C. The second-order valence-corrected chi connectivity index (χ2v) is 6.27. The number of alkyl carbamates (subject to hydrolysis) is 1. The number of amides is 1. The van der Waals surface area contributed by atoms with Crippen LogP contribution in [0.4, 0.5) is 10.5 Å². The van der Waals surface area contributed by atoms with Crippen LogP contribution in [0.15, 0.2) is 18.2 Å². The number of nitrogens with one attached hydrogen (secondary N) is 1. The molecule has 0 saturated heterocycles. The molecule has 1 aromatic rings. The van der Waals surface area contributed by atoms with E-state index in [1.807, 2.05) is 0 Å². The smallest absolute Gasteiger partial charge is 0.407 e. The van der Waals surface area contributed by atoms with E-state index >= 15 is 0 Å². The van der Waals surface area contributed by atoms with Crippen LogP contribution in [-0.4, -0.2) is 28.9 Å². The van der Waals surface area contributed by atoms with E-state index in [9.17, 15) is 19.7 Å². The van der Waals surface area contributed by atoms with Crippen LogP contribution in [0, 0.1) is 10.1 Å². The number of hydrogen-bond acceptors (Lipinski definition) is 5. The van der Waals surface area contributed by atoms with Gasteiger partial charge in [0, 0.05) is 25.1 Å². The number of nitro groups is 1. The number of ether oxygens (including phenoxy) is 1. The average molecular weight is 322 g/mol. The Kier molecular flexibility index (Phi) is 6.24. The lowest BCUT2D eigenvalue weighted by atomic mass is 9.99. The van der Waals surface area contributed by atoms with Crippen molar-refractivity contribution in [3.8, 4) is 0 Å². The molecule has 23 heavy (non-hydrogen) atoms. The van der Waals surface area contributed by atoms with Crippen molar-refractivity contribution in [3.63, 3.8) is 0 Å². The molecule has 0 aliphatic heterocycles. The Morgan fingerprint density at radius 3 is 2.43 bits per heavy atom. The van der Waals surface area contributed by atoms with Crippen LogP contribution < -0.4 is 5.32 Å². The van der Waals surface area contributed by atoms with Crippen molar-refractivity contribution in [2.45, 2.75) is 46.1 Å². The van der Waals surface area contributed by atoms with E-state index < -0.39 is 16.6 Å². The molecule has 1 rings (SSSR count). The highest BCUT2D eigenvalue weighted by atomic mass is 16.6. The number of hydrogen-bond donors (Lipinski definition) is 1. The molecule has 0 aliphatic carbocycles. The Bertz CT molecular complexity index is 605. The van der Waals surface area contributed by atoms with Gasteiger partial charge in [0.15, 0.2) is 0 Å². The zero-order valence-electron chi connectivity index (χ0n) is 13.8. The van der Waals surface area contributed by atoms with Crippen molar-refractivity contribution in [1.82, 2.24) is 5.32 Å². The molecule has 0 heterocycles. The third-order valence-electron chi connectivity index (χ3n) is 2.90. The summed E-state index contributed by atoms with van der Waals surface area (Å²) in [5, 5.41) is 13.5. The van der Waals surface area contributed by atoms with Crippen LogP contribution in [0.2, 0.25) is 0 Å². The van der Waals surface area contributed by atoms with E-state index in [1.54, 1.807) is 26.8 Å². The molecule has 0 atom stereocenters. The van der Waals surface area contributed by atoms with Gasteiger partial charge >= 0.3 is 6.09 Å². The van der Waals surface area contributed by atoms with Crippen molar-refractivity contribution in [1.29, 1.82) is 0 Å². The van der Waals surface area contributed by atoms with Gasteiger partial charge in [-0.15, -0.1) is 0 Å². The molecular formula is C16H22N2O5. The van der Waals surface area contributed by atoms with E-state index in [0.29, 0.717) is 12.0 Å². The lowest BCUT2D eigenvalue weighted by molar-refractivity contribution is -0.384. The molecule has 0 spiro atoms. The molecule has 7 heteroatoms. The van der Waals surface area contributed by atoms with Gasteiger partial charge in [-0.25, -0.2) is 4.79 Å². The molecule has 1 N–H and O–H groups in total. The summed E-state index contributed by atoms with van der Waals surface area (Å²) in [6.45, 7) is 7.01. The topological polar surface area (TPSA) is 98.5 Å². The first kappa shape index (κ1) is 18.6. The van der Waals surface area contributed by atoms with Gasteiger partial charge in [-0.2, -0.15) is 0 Å². The number of rotatable bonds is 6. The highest BCUT2D eigenvalue weighted by Crippen LogP contribution is 2.19. The van der Waals surface area contributed by atoms with Crippen LogP contribution in [0.25, 0.3) is 0 Å². The van der Waals surface area contributed by atoms with Gasteiger partial charge in [-0.3, -0.25) is 14.9 Å². The van der Waals surface area contributed by atoms with E-state index in [4.69, 9.17) is 4.74 Å². The maximum Gasteiger partial charge on any atom is 0.407 e. The standard InChI is InChI=1S/C16H22N2O5/c1-11(19)9-12-5-6-14(18(21)22)10-13(12)7-8-17-15(20)23-16(2,3)4/h5-6,10H,7-9H2,1-4H3,(H,17,20). The molecule has 7 nitrogen and oxygen atoms in total. The Balaban J connectivity index is 2.76. The molecule has 0 unspecified atom stereocenters. The molecule has 0 fully saturated rings. The maximum atomic E-state index is 11.6. The van der Waals surface area contributed by atoms with Crippen LogP contribution >= 0.6 is 0 Å². The summed E-state index contributed by atoms with van der Waals surface area (Å²) in [6, 6.07) is 4.40. The molecule has 0 radical (unpaired) electrons. The third kappa shape index (κ3) is 6.90.